The molecule has 0 atom stereocenters. The Bertz CT molecular complexity index is 1770. The second-order valence-electron chi connectivity index (χ2n) is 12.9. The zero-order valence-corrected chi connectivity index (χ0v) is 24.7. The molecule has 0 bridgehead atoms. The van der Waals surface area contributed by atoms with Gasteiger partial charge in [-0.2, -0.15) is 0 Å². The molecular weight excluding hydrogens is 482 g/mol. The van der Waals surface area contributed by atoms with Crippen LogP contribution < -0.4 is 4.90 Å². The van der Waals surface area contributed by atoms with Gasteiger partial charge in [-0.1, -0.05) is 81.8 Å². The maximum absolute atomic E-state index is 2.53. The van der Waals surface area contributed by atoms with Gasteiger partial charge < -0.3 is 4.90 Å². The summed E-state index contributed by atoms with van der Waals surface area (Å²) in [6, 6.07) is 36.1. The minimum Gasteiger partial charge on any atom is -0.310 e. The number of anilines is 3. The van der Waals surface area contributed by atoms with Crippen molar-refractivity contribution in [3.63, 3.8) is 0 Å². The normalized spacial score (nSPS) is 15.3. The largest absolute Gasteiger partial charge is 0.310 e. The molecule has 1 nitrogen and oxygen atoms in total. The summed E-state index contributed by atoms with van der Waals surface area (Å²) in [6.07, 6.45) is 0. The maximum Gasteiger partial charge on any atom is 0.0467 e. The predicted octanol–water partition coefficient (Wildman–Crippen LogP) is 10.7. The first kappa shape index (κ1) is 24.9. The molecule has 0 heterocycles. The molecule has 0 aliphatic heterocycles. The summed E-state index contributed by atoms with van der Waals surface area (Å²) < 4.78 is 0. The van der Waals surface area contributed by atoms with Crippen molar-refractivity contribution in [1.29, 1.82) is 0 Å². The Morgan fingerprint density at radius 2 is 0.900 bits per heavy atom. The summed E-state index contributed by atoms with van der Waals surface area (Å²) in [6.45, 7) is 16.4. The van der Waals surface area contributed by atoms with Crippen molar-refractivity contribution in [2.45, 2.75) is 59.3 Å². The maximum atomic E-state index is 2.53. The number of hydrogen-bond donors (Lipinski definition) is 0. The van der Waals surface area contributed by atoms with Gasteiger partial charge in [-0.15, -0.1) is 0 Å². The van der Waals surface area contributed by atoms with Gasteiger partial charge >= 0.3 is 0 Å². The zero-order chi connectivity index (χ0) is 28.0. The molecule has 5 aromatic rings. The highest BCUT2D eigenvalue weighted by molar-refractivity contribution is 5.93. The number of nitrogens with zero attached hydrogens (tertiary/aromatic N) is 1. The predicted molar refractivity (Wildman–Crippen MR) is 170 cm³/mol. The van der Waals surface area contributed by atoms with Gasteiger partial charge in [0.15, 0.2) is 0 Å². The molecule has 0 saturated carbocycles. The lowest BCUT2D eigenvalue weighted by atomic mass is 9.79. The Morgan fingerprint density at radius 1 is 0.450 bits per heavy atom. The lowest BCUT2D eigenvalue weighted by Gasteiger charge is -2.28. The fourth-order valence-corrected chi connectivity index (χ4v) is 7.50. The molecule has 40 heavy (non-hydrogen) atoms. The number of hydrogen-bond acceptors (Lipinski definition) is 1. The van der Waals surface area contributed by atoms with Crippen molar-refractivity contribution in [2.75, 3.05) is 4.90 Å². The number of rotatable bonds is 3. The Morgan fingerprint density at radius 3 is 1.40 bits per heavy atom. The monoisotopic (exact) mass is 519 g/mol. The van der Waals surface area contributed by atoms with E-state index in [0.29, 0.717) is 0 Å². The van der Waals surface area contributed by atoms with Crippen molar-refractivity contribution in [3.05, 3.63) is 136 Å². The standard InChI is InChI=1S/C39H37N/c1-24-18-25(2)36-30-22-33-31(23-32(30)38(4,5)34(36)19-24)37-26(3)20-29(21-35(37)39(33,6)7)40(27-14-10-8-11-15-27)28-16-12-9-13-17-28/h8-23H,1-7H3. The van der Waals surface area contributed by atoms with Crippen molar-refractivity contribution < 1.29 is 0 Å². The summed E-state index contributed by atoms with van der Waals surface area (Å²) in [5.74, 6) is 0. The third-order valence-electron chi connectivity index (χ3n) is 9.48. The molecule has 0 saturated heterocycles. The summed E-state index contributed by atoms with van der Waals surface area (Å²) in [4.78, 5) is 2.39. The average Bonchev–Trinajstić information content (AvgIpc) is 3.28. The Labute approximate surface area is 239 Å². The van der Waals surface area contributed by atoms with Crippen LogP contribution in [0.2, 0.25) is 0 Å². The topological polar surface area (TPSA) is 3.24 Å². The van der Waals surface area contributed by atoms with E-state index in [1.54, 1.807) is 0 Å². The molecule has 7 rings (SSSR count). The van der Waals surface area contributed by atoms with Crippen LogP contribution in [0.15, 0.2) is 97.1 Å². The van der Waals surface area contributed by atoms with Gasteiger partial charge in [-0.25, -0.2) is 0 Å². The number of para-hydroxylation sites is 2. The van der Waals surface area contributed by atoms with E-state index < -0.39 is 0 Å². The molecule has 0 spiro atoms. The summed E-state index contributed by atoms with van der Waals surface area (Å²) in [7, 11) is 0. The van der Waals surface area contributed by atoms with Crippen molar-refractivity contribution >= 4 is 17.1 Å². The third kappa shape index (κ3) is 3.40. The number of benzene rings is 5. The van der Waals surface area contributed by atoms with Crippen LogP contribution in [0.3, 0.4) is 0 Å². The van der Waals surface area contributed by atoms with Crippen LogP contribution in [-0.4, -0.2) is 0 Å². The Balaban J connectivity index is 1.45. The van der Waals surface area contributed by atoms with Crippen molar-refractivity contribution in [1.82, 2.24) is 0 Å². The smallest absolute Gasteiger partial charge is 0.0467 e. The van der Waals surface area contributed by atoms with Gasteiger partial charge in [-0.05, 0) is 125 Å². The third-order valence-corrected chi connectivity index (χ3v) is 9.48. The van der Waals surface area contributed by atoms with Crippen LogP contribution in [0.25, 0.3) is 22.3 Å². The fraction of sp³-hybridized carbons (Fsp3) is 0.231. The van der Waals surface area contributed by atoms with Gasteiger partial charge in [0.25, 0.3) is 0 Å². The first-order chi connectivity index (χ1) is 19.1. The zero-order valence-electron chi connectivity index (χ0n) is 24.7. The highest BCUT2D eigenvalue weighted by Gasteiger charge is 2.43. The number of aryl methyl sites for hydroxylation is 3. The second-order valence-corrected chi connectivity index (χ2v) is 12.9. The van der Waals surface area contributed by atoms with Gasteiger partial charge in [-0.3, -0.25) is 0 Å². The molecule has 1 heteroatoms. The molecule has 0 amide bonds. The summed E-state index contributed by atoms with van der Waals surface area (Å²) >= 11 is 0. The first-order valence-corrected chi connectivity index (χ1v) is 14.5. The molecule has 0 radical (unpaired) electrons. The molecule has 0 N–H and O–H groups in total. The van der Waals surface area contributed by atoms with Crippen LogP contribution in [0.5, 0.6) is 0 Å². The Hall–Kier alpha value is -4.10. The van der Waals surface area contributed by atoms with Crippen LogP contribution in [0.4, 0.5) is 17.1 Å². The van der Waals surface area contributed by atoms with E-state index in [2.05, 4.69) is 150 Å². The SMILES string of the molecule is Cc1cc(C)c2c(c1)C(C)(C)c1cc3c(cc1-2)C(C)(C)c1cc(N(c2ccccc2)c2ccccc2)cc(C)c1-3. The average molecular weight is 520 g/mol. The summed E-state index contributed by atoms with van der Waals surface area (Å²) in [5, 5.41) is 0. The first-order valence-electron chi connectivity index (χ1n) is 14.5. The summed E-state index contributed by atoms with van der Waals surface area (Å²) in [5.41, 5.74) is 18.9. The van der Waals surface area contributed by atoms with E-state index in [-0.39, 0.29) is 10.8 Å². The lowest BCUT2D eigenvalue weighted by Crippen LogP contribution is -2.17. The quantitative estimate of drug-likeness (QED) is 0.229. The molecule has 198 valence electrons. The number of fused-ring (bicyclic) bond motifs is 6. The fourth-order valence-electron chi connectivity index (χ4n) is 7.50. The van der Waals surface area contributed by atoms with Crippen molar-refractivity contribution in [3.8, 4) is 22.3 Å². The van der Waals surface area contributed by atoms with E-state index >= 15 is 0 Å². The molecular formula is C39H37N. The van der Waals surface area contributed by atoms with Crippen LogP contribution >= 0.6 is 0 Å². The minimum atomic E-state index is -0.106. The molecule has 5 aromatic carbocycles. The highest BCUT2D eigenvalue weighted by Crippen LogP contribution is 2.58. The Kier molecular flexibility index (Phi) is 5.26. The van der Waals surface area contributed by atoms with Crippen molar-refractivity contribution in [2.24, 2.45) is 0 Å². The molecule has 0 aromatic heterocycles. The van der Waals surface area contributed by atoms with E-state index in [1.165, 1.54) is 78.3 Å². The minimum absolute atomic E-state index is 0.0192. The molecule has 0 fully saturated rings. The molecule has 0 unspecified atom stereocenters. The molecule has 2 aliphatic rings. The van der Waals surface area contributed by atoms with Crippen LogP contribution in [-0.2, 0) is 10.8 Å². The van der Waals surface area contributed by atoms with Gasteiger partial charge in [0.05, 0.1) is 0 Å². The van der Waals surface area contributed by atoms with E-state index in [4.69, 9.17) is 0 Å². The van der Waals surface area contributed by atoms with Gasteiger partial charge in [0, 0.05) is 27.9 Å². The highest BCUT2D eigenvalue weighted by atomic mass is 15.1. The molecule has 2 aliphatic carbocycles. The second kappa shape index (κ2) is 8.45. The van der Waals surface area contributed by atoms with Crippen LogP contribution in [0, 0.1) is 20.8 Å². The van der Waals surface area contributed by atoms with E-state index in [0.717, 1.165) is 0 Å². The van der Waals surface area contributed by atoms with Gasteiger partial charge in [0.2, 0.25) is 0 Å². The van der Waals surface area contributed by atoms with Gasteiger partial charge in [0.1, 0.15) is 0 Å². The van der Waals surface area contributed by atoms with E-state index in [1.807, 2.05) is 0 Å². The van der Waals surface area contributed by atoms with E-state index in [9.17, 15) is 0 Å². The van der Waals surface area contributed by atoms with Crippen LogP contribution in [0.1, 0.15) is 66.6 Å². The lowest BCUT2D eigenvalue weighted by molar-refractivity contribution is 0.651.